The molecule has 21 heavy (non-hydrogen) atoms. The van der Waals surface area contributed by atoms with Gasteiger partial charge in [0.2, 0.25) is 0 Å². The van der Waals surface area contributed by atoms with Crippen molar-refractivity contribution in [1.82, 2.24) is 4.98 Å². The smallest absolute Gasteiger partial charge is 0.0346 e. The molecule has 0 saturated heterocycles. The molecule has 0 atom stereocenters. The first-order chi connectivity index (χ1) is 10.4. The number of aromatic nitrogens is 1. The van der Waals surface area contributed by atoms with Gasteiger partial charge in [-0.3, -0.25) is 4.98 Å². The first kappa shape index (κ1) is 16.0. The van der Waals surface area contributed by atoms with Crippen molar-refractivity contribution < 1.29 is 0 Å². The average molecular weight is 283 g/mol. The molecule has 1 aromatic heterocycles. The normalized spacial score (nSPS) is 11.1. The molecule has 0 radical (unpaired) electrons. The van der Waals surface area contributed by atoms with Gasteiger partial charge in [-0.1, -0.05) is 82.6 Å². The lowest BCUT2D eigenvalue weighted by molar-refractivity contribution is 0.565. The summed E-state index contributed by atoms with van der Waals surface area (Å²) in [7, 11) is 0. The van der Waals surface area contributed by atoms with Gasteiger partial charge in [0, 0.05) is 17.8 Å². The van der Waals surface area contributed by atoms with Crippen molar-refractivity contribution in [3.8, 4) is 0 Å². The first-order valence-electron chi connectivity index (χ1n) is 8.73. The molecule has 0 saturated carbocycles. The third-order valence-electron chi connectivity index (χ3n) is 4.30. The van der Waals surface area contributed by atoms with E-state index in [0.717, 1.165) is 0 Å². The lowest BCUT2D eigenvalue weighted by atomic mass is 10.0. The standard InChI is InChI=1S/C20H29N/c1-2-3-4-5-6-7-8-9-10-13-18-16-21-17-19-14-11-12-15-20(18)19/h11-12,14-17H,2-10,13H2,1H3. The van der Waals surface area contributed by atoms with Crippen LogP contribution in [-0.2, 0) is 6.42 Å². The summed E-state index contributed by atoms with van der Waals surface area (Å²) in [6.07, 6.45) is 17.7. The maximum Gasteiger partial charge on any atom is 0.0346 e. The molecule has 0 aliphatic carbocycles. The Bertz CT molecular complexity index is 513. The summed E-state index contributed by atoms with van der Waals surface area (Å²) >= 11 is 0. The van der Waals surface area contributed by atoms with E-state index in [2.05, 4.69) is 36.2 Å². The van der Waals surface area contributed by atoms with E-state index in [1.54, 1.807) is 0 Å². The molecule has 1 heteroatoms. The van der Waals surface area contributed by atoms with Gasteiger partial charge in [-0.2, -0.15) is 0 Å². The maximum absolute atomic E-state index is 4.37. The monoisotopic (exact) mass is 283 g/mol. The van der Waals surface area contributed by atoms with Crippen molar-refractivity contribution in [3.05, 3.63) is 42.2 Å². The third kappa shape index (κ3) is 5.49. The topological polar surface area (TPSA) is 12.9 Å². The number of nitrogens with zero attached hydrogens (tertiary/aromatic N) is 1. The summed E-state index contributed by atoms with van der Waals surface area (Å²) in [5, 5.41) is 2.65. The zero-order valence-electron chi connectivity index (χ0n) is 13.5. The minimum absolute atomic E-state index is 1.17. The number of hydrogen-bond donors (Lipinski definition) is 0. The largest absolute Gasteiger partial charge is 0.264 e. The van der Waals surface area contributed by atoms with Gasteiger partial charge in [0.15, 0.2) is 0 Å². The number of aryl methyl sites for hydroxylation is 1. The summed E-state index contributed by atoms with van der Waals surface area (Å²) in [5.74, 6) is 0. The van der Waals surface area contributed by atoms with Gasteiger partial charge in [-0.25, -0.2) is 0 Å². The predicted molar refractivity (Wildman–Crippen MR) is 92.7 cm³/mol. The molecule has 0 unspecified atom stereocenters. The SMILES string of the molecule is CCCCCCCCCCCc1cncc2ccccc12. The van der Waals surface area contributed by atoms with E-state index < -0.39 is 0 Å². The molecule has 1 aromatic carbocycles. The van der Waals surface area contributed by atoms with Crippen LogP contribution in [0.5, 0.6) is 0 Å². The molecule has 0 aliphatic heterocycles. The number of hydrogen-bond acceptors (Lipinski definition) is 1. The molecule has 0 fully saturated rings. The summed E-state index contributed by atoms with van der Waals surface area (Å²) in [6.45, 7) is 2.28. The van der Waals surface area contributed by atoms with Crippen LogP contribution in [0.15, 0.2) is 36.7 Å². The molecule has 1 heterocycles. The molecule has 114 valence electrons. The fraction of sp³-hybridized carbons (Fsp3) is 0.550. The Morgan fingerprint density at radius 3 is 2.19 bits per heavy atom. The number of benzene rings is 1. The minimum atomic E-state index is 1.17. The zero-order valence-corrected chi connectivity index (χ0v) is 13.5. The second kappa shape index (κ2) is 9.55. The predicted octanol–water partition coefficient (Wildman–Crippen LogP) is 6.31. The summed E-state index contributed by atoms with van der Waals surface area (Å²) in [4.78, 5) is 4.37. The Morgan fingerprint density at radius 1 is 0.762 bits per heavy atom. The Labute approximate surface area is 129 Å². The van der Waals surface area contributed by atoms with Gasteiger partial charge >= 0.3 is 0 Å². The van der Waals surface area contributed by atoms with Crippen LogP contribution in [0.1, 0.15) is 70.3 Å². The molecular weight excluding hydrogens is 254 g/mol. The highest BCUT2D eigenvalue weighted by Gasteiger charge is 2.01. The van der Waals surface area contributed by atoms with E-state index in [1.807, 2.05) is 12.4 Å². The number of rotatable bonds is 10. The highest BCUT2D eigenvalue weighted by atomic mass is 14.6. The summed E-state index contributed by atoms with van der Waals surface area (Å²) in [6, 6.07) is 8.59. The minimum Gasteiger partial charge on any atom is -0.264 e. The van der Waals surface area contributed by atoms with Crippen LogP contribution in [0.4, 0.5) is 0 Å². The fourth-order valence-electron chi connectivity index (χ4n) is 3.00. The molecule has 1 nitrogen and oxygen atoms in total. The second-order valence-electron chi connectivity index (χ2n) is 6.10. The second-order valence-corrected chi connectivity index (χ2v) is 6.10. The van der Waals surface area contributed by atoms with Crippen LogP contribution in [0.2, 0.25) is 0 Å². The van der Waals surface area contributed by atoms with Crippen LogP contribution in [0.3, 0.4) is 0 Å². The molecular formula is C20H29N. The highest BCUT2D eigenvalue weighted by Crippen LogP contribution is 2.19. The first-order valence-corrected chi connectivity index (χ1v) is 8.73. The highest BCUT2D eigenvalue weighted by molar-refractivity contribution is 5.84. The Kier molecular flexibility index (Phi) is 7.28. The zero-order chi connectivity index (χ0) is 14.8. The molecule has 2 rings (SSSR count). The van der Waals surface area contributed by atoms with Gasteiger partial charge in [0.1, 0.15) is 0 Å². The fourth-order valence-corrected chi connectivity index (χ4v) is 3.00. The van der Waals surface area contributed by atoms with Crippen molar-refractivity contribution in [1.29, 1.82) is 0 Å². The molecule has 0 aliphatic rings. The maximum atomic E-state index is 4.37. The third-order valence-corrected chi connectivity index (χ3v) is 4.30. The molecule has 2 aromatic rings. The van der Waals surface area contributed by atoms with Gasteiger partial charge < -0.3 is 0 Å². The Balaban J connectivity index is 1.64. The molecule has 0 spiro atoms. The van der Waals surface area contributed by atoms with Crippen LogP contribution < -0.4 is 0 Å². The van der Waals surface area contributed by atoms with E-state index in [0.29, 0.717) is 0 Å². The number of unbranched alkanes of at least 4 members (excludes halogenated alkanes) is 8. The lowest BCUT2D eigenvalue weighted by Crippen LogP contribution is -1.90. The van der Waals surface area contributed by atoms with Crippen molar-refractivity contribution in [3.63, 3.8) is 0 Å². The van der Waals surface area contributed by atoms with Crippen molar-refractivity contribution in [2.75, 3.05) is 0 Å². The van der Waals surface area contributed by atoms with E-state index in [-0.39, 0.29) is 0 Å². The van der Waals surface area contributed by atoms with Crippen LogP contribution in [0, 0.1) is 0 Å². The Hall–Kier alpha value is -1.37. The van der Waals surface area contributed by atoms with Crippen molar-refractivity contribution in [2.45, 2.75) is 71.1 Å². The summed E-state index contributed by atoms with van der Waals surface area (Å²) in [5.41, 5.74) is 1.41. The van der Waals surface area contributed by atoms with Crippen LogP contribution in [-0.4, -0.2) is 4.98 Å². The van der Waals surface area contributed by atoms with Crippen LogP contribution in [0.25, 0.3) is 10.8 Å². The van der Waals surface area contributed by atoms with E-state index >= 15 is 0 Å². The quantitative estimate of drug-likeness (QED) is 0.466. The molecule has 0 N–H and O–H groups in total. The van der Waals surface area contributed by atoms with Gasteiger partial charge in [0.25, 0.3) is 0 Å². The van der Waals surface area contributed by atoms with Gasteiger partial charge in [-0.15, -0.1) is 0 Å². The van der Waals surface area contributed by atoms with E-state index in [1.165, 1.54) is 80.5 Å². The van der Waals surface area contributed by atoms with Crippen LogP contribution >= 0.6 is 0 Å². The van der Waals surface area contributed by atoms with Gasteiger partial charge in [0.05, 0.1) is 0 Å². The average Bonchev–Trinajstić information content (AvgIpc) is 2.53. The number of fused-ring (bicyclic) bond motifs is 1. The van der Waals surface area contributed by atoms with Gasteiger partial charge in [-0.05, 0) is 23.8 Å². The van der Waals surface area contributed by atoms with E-state index in [4.69, 9.17) is 0 Å². The van der Waals surface area contributed by atoms with Crippen molar-refractivity contribution in [2.24, 2.45) is 0 Å². The molecule has 0 bridgehead atoms. The lowest BCUT2D eigenvalue weighted by Gasteiger charge is -2.06. The summed E-state index contributed by atoms with van der Waals surface area (Å²) < 4.78 is 0. The Morgan fingerprint density at radius 2 is 1.43 bits per heavy atom. The molecule has 0 amide bonds. The van der Waals surface area contributed by atoms with E-state index in [9.17, 15) is 0 Å². The van der Waals surface area contributed by atoms with Crippen molar-refractivity contribution >= 4 is 10.8 Å². The number of pyridine rings is 1.